The third-order valence-corrected chi connectivity index (χ3v) is 4.26. The number of hydrogen-bond donors (Lipinski definition) is 0. The minimum Gasteiger partial charge on any atom is -0.455 e. The van der Waals surface area contributed by atoms with Crippen LogP contribution in [-0.4, -0.2) is 15.5 Å². The molecular formula is C21H25N3O2. The van der Waals surface area contributed by atoms with Crippen LogP contribution in [0.25, 0.3) is 6.08 Å². The molecule has 5 heteroatoms. The molecule has 0 aliphatic rings. The Balaban J connectivity index is 2.14. The molecular weight excluding hydrogens is 326 g/mol. The summed E-state index contributed by atoms with van der Waals surface area (Å²) in [5.74, 6) is -0.0171. The highest BCUT2D eigenvalue weighted by Gasteiger charge is 2.14. The van der Waals surface area contributed by atoms with Crippen LogP contribution in [0, 0.1) is 31.1 Å². The number of aromatic nitrogens is 2. The molecule has 26 heavy (non-hydrogen) atoms. The lowest BCUT2D eigenvalue weighted by atomic mass is 10.1. The van der Waals surface area contributed by atoms with Gasteiger partial charge in [0.25, 0.3) is 0 Å². The zero-order valence-electron chi connectivity index (χ0n) is 15.8. The van der Waals surface area contributed by atoms with E-state index in [-0.39, 0.29) is 12.2 Å². The van der Waals surface area contributed by atoms with Gasteiger partial charge in [-0.05, 0) is 56.0 Å². The summed E-state index contributed by atoms with van der Waals surface area (Å²) in [6.07, 6.45) is 4.32. The van der Waals surface area contributed by atoms with Gasteiger partial charge >= 0.3 is 5.97 Å². The maximum Gasteiger partial charge on any atom is 0.349 e. The molecule has 136 valence electrons. The zero-order valence-corrected chi connectivity index (χ0v) is 15.8. The van der Waals surface area contributed by atoms with E-state index in [2.05, 4.69) is 23.4 Å². The number of rotatable bonds is 7. The molecule has 5 nitrogen and oxygen atoms in total. The molecule has 0 aliphatic carbocycles. The Bertz CT molecular complexity index is 827. The van der Waals surface area contributed by atoms with Crippen LogP contribution in [0.2, 0.25) is 0 Å². The quantitative estimate of drug-likeness (QED) is 0.426. The summed E-state index contributed by atoms with van der Waals surface area (Å²) < 4.78 is 7.43. The summed E-state index contributed by atoms with van der Waals surface area (Å²) in [4.78, 5) is 16.3. The van der Waals surface area contributed by atoms with Gasteiger partial charge in [-0.2, -0.15) is 5.26 Å². The van der Waals surface area contributed by atoms with Gasteiger partial charge in [0.15, 0.2) is 0 Å². The maximum atomic E-state index is 12.2. The van der Waals surface area contributed by atoms with E-state index >= 15 is 0 Å². The fourth-order valence-corrected chi connectivity index (χ4v) is 2.70. The maximum absolute atomic E-state index is 12.2. The molecule has 2 heterocycles. The molecule has 0 atom stereocenters. The number of pyridine rings is 1. The van der Waals surface area contributed by atoms with Crippen molar-refractivity contribution in [3.05, 3.63) is 58.7 Å². The Morgan fingerprint density at radius 3 is 2.77 bits per heavy atom. The normalized spacial score (nSPS) is 11.5. The van der Waals surface area contributed by atoms with E-state index in [0.717, 1.165) is 29.9 Å². The number of nitrogens with zero attached hydrogens (tertiary/aromatic N) is 3. The van der Waals surface area contributed by atoms with Crippen LogP contribution >= 0.6 is 0 Å². The lowest BCUT2D eigenvalue weighted by Gasteiger charge is -2.11. The van der Waals surface area contributed by atoms with E-state index < -0.39 is 5.97 Å². The number of ether oxygens (including phenoxy) is 1. The molecule has 0 amide bonds. The molecule has 0 bridgehead atoms. The first kappa shape index (κ1) is 19.5. The molecule has 2 aromatic rings. The second-order valence-electron chi connectivity index (χ2n) is 6.73. The molecule has 0 aliphatic heterocycles. The molecule has 0 saturated carbocycles. The Hall–Kier alpha value is -2.87. The summed E-state index contributed by atoms with van der Waals surface area (Å²) >= 11 is 0. The van der Waals surface area contributed by atoms with Crippen molar-refractivity contribution in [2.24, 2.45) is 5.92 Å². The molecule has 0 spiro atoms. The number of nitriles is 1. The Morgan fingerprint density at radius 2 is 2.15 bits per heavy atom. The highest BCUT2D eigenvalue weighted by molar-refractivity contribution is 5.98. The van der Waals surface area contributed by atoms with Crippen LogP contribution < -0.4 is 0 Å². The van der Waals surface area contributed by atoms with Crippen molar-refractivity contribution >= 4 is 12.0 Å². The fraction of sp³-hybridized carbons (Fsp3) is 0.381. The predicted octanol–water partition coefficient (Wildman–Crippen LogP) is 4.20. The van der Waals surface area contributed by atoms with Gasteiger partial charge in [-0.25, -0.2) is 4.79 Å². The molecule has 0 saturated heterocycles. The Kier molecular flexibility index (Phi) is 6.74. The number of esters is 1. The highest BCUT2D eigenvalue weighted by Crippen LogP contribution is 2.20. The van der Waals surface area contributed by atoms with E-state index in [1.54, 1.807) is 24.4 Å². The van der Waals surface area contributed by atoms with Gasteiger partial charge in [0.05, 0.1) is 5.69 Å². The number of hydrogen-bond acceptors (Lipinski definition) is 4. The van der Waals surface area contributed by atoms with Gasteiger partial charge in [0, 0.05) is 24.1 Å². The van der Waals surface area contributed by atoms with Crippen molar-refractivity contribution in [1.82, 2.24) is 9.55 Å². The molecule has 0 N–H and O–H groups in total. The summed E-state index contributed by atoms with van der Waals surface area (Å²) in [6.45, 7) is 9.41. The van der Waals surface area contributed by atoms with Crippen LogP contribution in [0.15, 0.2) is 36.0 Å². The molecule has 2 aromatic heterocycles. The van der Waals surface area contributed by atoms with Crippen molar-refractivity contribution in [1.29, 1.82) is 5.26 Å². The molecule has 0 radical (unpaired) electrons. The number of carbonyl (C=O) groups excluding carboxylic acids is 1. The molecule has 2 rings (SSSR count). The third kappa shape index (κ3) is 5.06. The van der Waals surface area contributed by atoms with E-state index in [0.29, 0.717) is 11.6 Å². The van der Waals surface area contributed by atoms with Gasteiger partial charge in [-0.15, -0.1) is 0 Å². The molecule has 0 fully saturated rings. The summed E-state index contributed by atoms with van der Waals surface area (Å²) in [5, 5.41) is 9.36. The topological polar surface area (TPSA) is 67.9 Å². The SMILES string of the molecule is Cc1cc(/C=C(\C#N)C(=O)OCc2ccccn2)c(C)n1CCC(C)C. The second kappa shape index (κ2) is 9.00. The van der Waals surface area contributed by atoms with Gasteiger partial charge in [-0.3, -0.25) is 4.98 Å². The Labute approximate surface area is 154 Å². The third-order valence-electron chi connectivity index (χ3n) is 4.26. The van der Waals surface area contributed by atoms with E-state index in [1.807, 2.05) is 32.0 Å². The van der Waals surface area contributed by atoms with E-state index in [1.165, 1.54) is 0 Å². The van der Waals surface area contributed by atoms with Crippen molar-refractivity contribution < 1.29 is 9.53 Å². The van der Waals surface area contributed by atoms with Crippen LogP contribution in [0.5, 0.6) is 0 Å². The molecule has 0 aromatic carbocycles. The van der Waals surface area contributed by atoms with Gasteiger partial charge in [0.2, 0.25) is 0 Å². The largest absolute Gasteiger partial charge is 0.455 e. The summed E-state index contributed by atoms with van der Waals surface area (Å²) in [5.41, 5.74) is 3.68. The first-order valence-corrected chi connectivity index (χ1v) is 8.78. The average molecular weight is 351 g/mol. The minimum atomic E-state index is -0.634. The van der Waals surface area contributed by atoms with E-state index in [9.17, 15) is 10.1 Å². The Morgan fingerprint density at radius 1 is 1.38 bits per heavy atom. The van der Waals surface area contributed by atoms with Crippen LogP contribution in [0.4, 0.5) is 0 Å². The smallest absolute Gasteiger partial charge is 0.349 e. The number of aryl methyl sites for hydroxylation is 1. The predicted molar refractivity (Wildman–Crippen MR) is 101 cm³/mol. The summed E-state index contributed by atoms with van der Waals surface area (Å²) in [6, 6.07) is 9.33. The fourth-order valence-electron chi connectivity index (χ4n) is 2.70. The second-order valence-corrected chi connectivity index (χ2v) is 6.73. The lowest BCUT2D eigenvalue weighted by Crippen LogP contribution is -2.08. The zero-order chi connectivity index (χ0) is 19.1. The van der Waals surface area contributed by atoms with Crippen molar-refractivity contribution in [3.63, 3.8) is 0 Å². The van der Waals surface area contributed by atoms with E-state index in [4.69, 9.17) is 4.74 Å². The standard InChI is InChI=1S/C21H25N3O2/c1-15(2)8-10-24-16(3)11-18(17(24)4)12-19(13-22)21(25)26-14-20-7-5-6-9-23-20/h5-7,9,11-12,15H,8,10,14H2,1-4H3/b19-12+. The van der Waals surface area contributed by atoms with Gasteiger partial charge in [0.1, 0.15) is 18.2 Å². The first-order chi connectivity index (χ1) is 12.4. The lowest BCUT2D eigenvalue weighted by molar-refractivity contribution is -0.139. The average Bonchev–Trinajstić information content (AvgIpc) is 2.89. The monoisotopic (exact) mass is 351 g/mol. The van der Waals surface area contributed by atoms with Crippen molar-refractivity contribution in [3.8, 4) is 6.07 Å². The van der Waals surface area contributed by atoms with Crippen molar-refractivity contribution in [2.45, 2.75) is 47.3 Å². The number of carbonyl (C=O) groups is 1. The minimum absolute atomic E-state index is 0.00922. The van der Waals surface area contributed by atoms with Crippen molar-refractivity contribution in [2.75, 3.05) is 0 Å². The van der Waals surface area contributed by atoms with Gasteiger partial charge in [-0.1, -0.05) is 19.9 Å². The first-order valence-electron chi connectivity index (χ1n) is 8.78. The van der Waals surface area contributed by atoms with Crippen LogP contribution in [-0.2, 0) is 22.7 Å². The molecule has 0 unspecified atom stereocenters. The van der Waals surface area contributed by atoms with Crippen LogP contribution in [0.3, 0.4) is 0 Å². The summed E-state index contributed by atoms with van der Waals surface area (Å²) in [7, 11) is 0. The van der Waals surface area contributed by atoms with Gasteiger partial charge < -0.3 is 9.30 Å². The van der Waals surface area contributed by atoms with Crippen LogP contribution in [0.1, 0.15) is 42.9 Å². The highest BCUT2D eigenvalue weighted by atomic mass is 16.5.